The lowest BCUT2D eigenvalue weighted by Crippen LogP contribution is -2.28. The first-order valence-corrected chi connectivity index (χ1v) is 8.26. The summed E-state index contributed by atoms with van der Waals surface area (Å²) in [6.07, 6.45) is -0.187. The van der Waals surface area contributed by atoms with Crippen LogP contribution in [0.3, 0.4) is 0 Å². The van der Waals surface area contributed by atoms with E-state index in [0.717, 1.165) is 11.3 Å². The molecule has 1 aromatic heterocycles. The number of carbonyl (C=O) groups excluding carboxylic acids is 1. The molecule has 0 amide bonds. The van der Waals surface area contributed by atoms with Crippen LogP contribution < -0.4 is 9.47 Å². The Kier molecular flexibility index (Phi) is 6.14. The van der Waals surface area contributed by atoms with Crippen LogP contribution in [0.4, 0.5) is 5.00 Å². The number of carbonyl (C=O) groups is 1. The average molecular weight is 351 g/mol. The number of nitro groups is 1. The van der Waals surface area contributed by atoms with Crippen molar-refractivity contribution in [2.45, 2.75) is 26.4 Å². The molecule has 1 atom stereocenters. The number of benzene rings is 1. The largest absolute Gasteiger partial charge is 0.479 e. The zero-order valence-corrected chi connectivity index (χ0v) is 14.1. The molecule has 24 heavy (non-hydrogen) atoms. The van der Waals surface area contributed by atoms with Gasteiger partial charge in [-0.15, -0.1) is 0 Å². The van der Waals surface area contributed by atoms with E-state index in [1.807, 2.05) is 6.92 Å². The lowest BCUT2D eigenvalue weighted by molar-refractivity contribution is -0.380. The van der Waals surface area contributed by atoms with Crippen molar-refractivity contribution in [3.05, 3.63) is 45.8 Å². The van der Waals surface area contributed by atoms with Gasteiger partial charge in [0.1, 0.15) is 11.5 Å². The van der Waals surface area contributed by atoms with Gasteiger partial charge in [-0.25, -0.2) is 4.79 Å². The Bertz CT molecular complexity index is 697. The summed E-state index contributed by atoms with van der Waals surface area (Å²) in [6, 6.07) is 8.05. The van der Waals surface area contributed by atoms with E-state index in [-0.39, 0.29) is 10.8 Å². The second kappa shape index (κ2) is 8.30. The Labute approximate surface area is 142 Å². The summed E-state index contributed by atoms with van der Waals surface area (Å²) in [6.45, 7) is 3.86. The third-order valence-corrected chi connectivity index (χ3v) is 3.87. The summed E-state index contributed by atoms with van der Waals surface area (Å²) >= 11 is 0.999. The quantitative estimate of drug-likeness (QED) is 0.403. The molecule has 2 aromatic rings. The second-order valence-corrected chi connectivity index (χ2v) is 5.58. The number of ether oxygens (including phenoxy) is 3. The van der Waals surface area contributed by atoms with Crippen molar-refractivity contribution in [3.8, 4) is 17.2 Å². The molecule has 0 N–H and O–H groups in total. The van der Waals surface area contributed by atoms with Gasteiger partial charge in [-0.1, -0.05) is 18.3 Å². The predicted molar refractivity (Wildman–Crippen MR) is 88.8 cm³/mol. The highest BCUT2D eigenvalue weighted by Gasteiger charge is 2.20. The number of hydrogen-bond acceptors (Lipinski definition) is 7. The molecule has 0 spiro atoms. The Morgan fingerprint density at radius 3 is 2.46 bits per heavy atom. The highest BCUT2D eigenvalue weighted by Crippen LogP contribution is 2.36. The molecule has 0 aliphatic heterocycles. The van der Waals surface area contributed by atoms with Crippen molar-refractivity contribution in [2.24, 2.45) is 0 Å². The smallest absolute Gasteiger partial charge is 0.366 e. The lowest BCUT2D eigenvalue weighted by Gasteiger charge is -2.16. The van der Waals surface area contributed by atoms with Crippen molar-refractivity contribution in [1.29, 1.82) is 0 Å². The molecule has 0 saturated carbocycles. The van der Waals surface area contributed by atoms with E-state index in [0.29, 0.717) is 24.5 Å². The van der Waals surface area contributed by atoms with Gasteiger partial charge in [0, 0.05) is 5.38 Å². The van der Waals surface area contributed by atoms with Gasteiger partial charge < -0.3 is 14.2 Å². The van der Waals surface area contributed by atoms with Crippen LogP contribution >= 0.6 is 11.3 Å². The lowest BCUT2D eigenvalue weighted by atomic mass is 10.2. The molecule has 2 rings (SSSR count). The molecule has 0 saturated heterocycles. The number of esters is 1. The van der Waals surface area contributed by atoms with Gasteiger partial charge in [-0.05, 0) is 43.7 Å². The first kappa shape index (κ1) is 17.7. The van der Waals surface area contributed by atoms with E-state index in [4.69, 9.17) is 14.2 Å². The van der Waals surface area contributed by atoms with E-state index in [9.17, 15) is 14.9 Å². The van der Waals surface area contributed by atoms with E-state index in [1.54, 1.807) is 42.6 Å². The summed E-state index contributed by atoms with van der Waals surface area (Å²) in [5.74, 6) is 0.709. The third-order valence-electron chi connectivity index (χ3n) is 3.03. The molecule has 1 heterocycles. The van der Waals surface area contributed by atoms with Crippen LogP contribution in [0, 0.1) is 10.1 Å². The van der Waals surface area contributed by atoms with Crippen molar-refractivity contribution >= 4 is 22.3 Å². The number of rotatable bonds is 8. The van der Waals surface area contributed by atoms with E-state index in [2.05, 4.69) is 0 Å². The Balaban J connectivity index is 2.03. The normalized spacial score (nSPS) is 11.6. The Morgan fingerprint density at radius 2 is 1.88 bits per heavy atom. The monoisotopic (exact) mass is 351 g/mol. The molecule has 128 valence electrons. The Hall–Kier alpha value is -2.61. The minimum Gasteiger partial charge on any atom is -0.479 e. The number of hydrogen-bond donors (Lipinski definition) is 0. The standard InChI is InChI=1S/C16H17NO6S/c1-3-13(16(18)21-4-2)22-11-5-7-12(8-6-11)23-14-9-10-24-15(14)17(19)20/h5-10,13H,3-4H2,1-2H3. The number of nitrogens with zero attached hydrogens (tertiary/aromatic N) is 1. The summed E-state index contributed by atoms with van der Waals surface area (Å²) in [4.78, 5) is 22.1. The van der Waals surface area contributed by atoms with Crippen LogP contribution in [0.25, 0.3) is 0 Å². The zero-order chi connectivity index (χ0) is 17.5. The molecule has 0 aliphatic rings. The van der Waals surface area contributed by atoms with Gasteiger partial charge in [0.15, 0.2) is 6.10 Å². The van der Waals surface area contributed by atoms with Gasteiger partial charge in [0.25, 0.3) is 0 Å². The fourth-order valence-electron chi connectivity index (χ4n) is 1.91. The van der Waals surface area contributed by atoms with Gasteiger partial charge in [-0.2, -0.15) is 0 Å². The average Bonchev–Trinajstić information content (AvgIpc) is 3.02. The van der Waals surface area contributed by atoms with E-state index in [1.165, 1.54) is 0 Å². The molecule has 8 heteroatoms. The summed E-state index contributed by atoms with van der Waals surface area (Å²) in [7, 11) is 0. The van der Waals surface area contributed by atoms with Crippen molar-refractivity contribution < 1.29 is 23.9 Å². The molecular weight excluding hydrogens is 334 g/mol. The van der Waals surface area contributed by atoms with Gasteiger partial charge in [-0.3, -0.25) is 10.1 Å². The zero-order valence-electron chi connectivity index (χ0n) is 13.3. The van der Waals surface area contributed by atoms with Crippen LogP contribution in [-0.4, -0.2) is 23.6 Å². The maximum atomic E-state index is 11.7. The Morgan fingerprint density at radius 1 is 1.21 bits per heavy atom. The van der Waals surface area contributed by atoms with Crippen LogP contribution in [0.2, 0.25) is 0 Å². The molecule has 0 aliphatic carbocycles. The fourth-order valence-corrected chi connectivity index (χ4v) is 2.54. The maximum Gasteiger partial charge on any atom is 0.366 e. The first-order valence-electron chi connectivity index (χ1n) is 7.38. The van der Waals surface area contributed by atoms with Crippen LogP contribution in [0.1, 0.15) is 20.3 Å². The molecule has 1 aromatic carbocycles. The van der Waals surface area contributed by atoms with Crippen molar-refractivity contribution in [3.63, 3.8) is 0 Å². The number of thiophene rings is 1. The van der Waals surface area contributed by atoms with Gasteiger partial charge in [0.2, 0.25) is 5.75 Å². The minimum absolute atomic E-state index is 0.0521. The molecule has 0 bridgehead atoms. The molecule has 0 fully saturated rings. The van der Waals surface area contributed by atoms with Crippen LogP contribution in [-0.2, 0) is 9.53 Å². The molecular formula is C16H17NO6S. The van der Waals surface area contributed by atoms with E-state index < -0.39 is 17.0 Å². The van der Waals surface area contributed by atoms with Gasteiger partial charge >= 0.3 is 11.0 Å². The molecule has 7 nitrogen and oxygen atoms in total. The summed E-state index contributed by atoms with van der Waals surface area (Å²) < 4.78 is 16.0. The molecule has 1 unspecified atom stereocenters. The van der Waals surface area contributed by atoms with Crippen LogP contribution in [0.5, 0.6) is 17.2 Å². The predicted octanol–water partition coefficient (Wildman–Crippen LogP) is 4.17. The highest BCUT2D eigenvalue weighted by molar-refractivity contribution is 7.13. The molecule has 0 radical (unpaired) electrons. The van der Waals surface area contributed by atoms with Crippen molar-refractivity contribution in [2.75, 3.05) is 6.61 Å². The maximum absolute atomic E-state index is 11.7. The topological polar surface area (TPSA) is 87.9 Å². The third kappa shape index (κ3) is 4.45. The summed E-state index contributed by atoms with van der Waals surface area (Å²) in [5, 5.41) is 12.4. The second-order valence-electron chi connectivity index (χ2n) is 4.69. The van der Waals surface area contributed by atoms with Gasteiger partial charge in [0.05, 0.1) is 11.5 Å². The van der Waals surface area contributed by atoms with Crippen LogP contribution in [0.15, 0.2) is 35.7 Å². The summed E-state index contributed by atoms with van der Waals surface area (Å²) in [5.41, 5.74) is 0. The van der Waals surface area contributed by atoms with Crippen molar-refractivity contribution in [1.82, 2.24) is 0 Å². The first-order chi connectivity index (χ1) is 11.5. The van der Waals surface area contributed by atoms with E-state index >= 15 is 0 Å². The fraction of sp³-hybridized carbons (Fsp3) is 0.312. The SMILES string of the molecule is CCOC(=O)C(CC)Oc1ccc(Oc2ccsc2[N+](=O)[O-])cc1. The minimum atomic E-state index is -0.672. The highest BCUT2D eigenvalue weighted by atomic mass is 32.1.